The van der Waals surface area contributed by atoms with Crippen LogP contribution in [0.4, 0.5) is 0 Å². The molecule has 1 atom stereocenters. The van der Waals surface area contributed by atoms with Crippen molar-refractivity contribution in [3.63, 3.8) is 0 Å². The van der Waals surface area contributed by atoms with Gasteiger partial charge in [0.05, 0.1) is 0 Å². The summed E-state index contributed by atoms with van der Waals surface area (Å²) in [5.41, 5.74) is 2.81. The zero-order chi connectivity index (χ0) is 25.4. The number of halogens is 2. The fourth-order valence-corrected chi connectivity index (χ4v) is 4.20. The third kappa shape index (κ3) is 7.48. The van der Waals surface area contributed by atoms with Gasteiger partial charge in [-0.15, -0.1) is 0 Å². The number of rotatable bonds is 10. The summed E-state index contributed by atoms with van der Waals surface area (Å²) in [6.45, 7) is 4.15. The van der Waals surface area contributed by atoms with E-state index < -0.39 is 6.04 Å². The molecule has 0 aromatic heterocycles. The summed E-state index contributed by atoms with van der Waals surface area (Å²) in [7, 11) is 1.56. The van der Waals surface area contributed by atoms with Crippen LogP contribution in [0.1, 0.15) is 36.5 Å². The van der Waals surface area contributed by atoms with Gasteiger partial charge in [0.1, 0.15) is 11.8 Å². The predicted molar refractivity (Wildman–Crippen MR) is 141 cm³/mol. The van der Waals surface area contributed by atoms with Gasteiger partial charge in [-0.05, 0) is 46.9 Å². The minimum absolute atomic E-state index is 0.134. The summed E-state index contributed by atoms with van der Waals surface area (Å²) < 4.78 is 5.81. The van der Waals surface area contributed by atoms with Crippen molar-refractivity contribution in [2.45, 2.75) is 38.8 Å². The van der Waals surface area contributed by atoms with Crippen LogP contribution in [0.3, 0.4) is 0 Å². The first-order valence-corrected chi connectivity index (χ1v) is 12.3. The van der Waals surface area contributed by atoms with Crippen LogP contribution in [0.15, 0.2) is 72.8 Å². The van der Waals surface area contributed by atoms with Crippen LogP contribution < -0.4 is 10.1 Å². The Labute approximate surface area is 217 Å². The van der Waals surface area contributed by atoms with E-state index in [1.807, 2.05) is 54.6 Å². The SMILES string of the molecule is CNC(=O)C(Cc1ccccc1)N(Cc1ccc(Cl)cc1Cl)C(=O)COc1ccc(C(C)C)cc1. The van der Waals surface area contributed by atoms with Gasteiger partial charge < -0.3 is 15.0 Å². The average molecular weight is 513 g/mol. The number of amides is 2. The van der Waals surface area contributed by atoms with Gasteiger partial charge in [0, 0.05) is 30.1 Å². The molecule has 184 valence electrons. The standard InChI is InChI=1S/C28H30Cl2N2O3/c1-19(2)21-10-13-24(14-11-21)35-18-27(33)32(17-22-9-12-23(29)16-25(22)30)26(28(34)31-3)15-20-7-5-4-6-8-20/h4-14,16,19,26H,15,17-18H2,1-3H3,(H,31,34). The van der Waals surface area contributed by atoms with E-state index in [4.69, 9.17) is 27.9 Å². The van der Waals surface area contributed by atoms with Crippen molar-refractivity contribution in [2.75, 3.05) is 13.7 Å². The molecule has 5 nitrogen and oxygen atoms in total. The smallest absolute Gasteiger partial charge is 0.261 e. The summed E-state index contributed by atoms with van der Waals surface area (Å²) in [6, 6.07) is 21.6. The van der Waals surface area contributed by atoms with Gasteiger partial charge in [-0.2, -0.15) is 0 Å². The number of hydrogen-bond acceptors (Lipinski definition) is 3. The Morgan fingerprint density at radius 3 is 2.26 bits per heavy atom. The summed E-state index contributed by atoms with van der Waals surface area (Å²) in [5.74, 6) is 0.394. The topological polar surface area (TPSA) is 58.6 Å². The van der Waals surface area contributed by atoms with Crippen molar-refractivity contribution in [3.05, 3.63) is 99.5 Å². The quantitative estimate of drug-likeness (QED) is 0.368. The minimum atomic E-state index is -0.756. The summed E-state index contributed by atoms with van der Waals surface area (Å²) in [5, 5.41) is 3.62. The molecule has 2 amide bonds. The van der Waals surface area contributed by atoms with Crippen molar-refractivity contribution in [1.82, 2.24) is 10.2 Å². The fraction of sp³-hybridized carbons (Fsp3) is 0.286. The number of nitrogens with zero attached hydrogens (tertiary/aromatic N) is 1. The first kappa shape index (κ1) is 26.6. The molecule has 3 aromatic rings. The lowest BCUT2D eigenvalue weighted by Gasteiger charge is -2.31. The molecule has 7 heteroatoms. The molecule has 0 heterocycles. The van der Waals surface area contributed by atoms with E-state index in [1.165, 1.54) is 10.5 Å². The lowest BCUT2D eigenvalue weighted by atomic mass is 10.0. The number of nitrogens with one attached hydrogen (secondary N) is 1. The Balaban J connectivity index is 1.87. The number of hydrogen-bond donors (Lipinski definition) is 1. The average Bonchev–Trinajstić information content (AvgIpc) is 2.86. The van der Waals surface area contributed by atoms with Crippen LogP contribution in [-0.4, -0.2) is 36.4 Å². The van der Waals surface area contributed by atoms with Crippen LogP contribution in [0.25, 0.3) is 0 Å². The Morgan fingerprint density at radius 1 is 0.971 bits per heavy atom. The second-order valence-electron chi connectivity index (χ2n) is 8.59. The van der Waals surface area contributed by atoms with E-state index in [1.54, 1.807) is 25.2 Å². The summed E-state index contributed by atoms with van der Waals surface area (Å²) in [6.07, 6.45) is 0.348. The Morgan fingerprint density at radius 2 is 1.66 bits per heavy atom. The maximum absolute atomic E-state index is 13.5. The number of ether oxygens (including phenoxy) is 1. The maximum Gasteiger partial charge on any atom is 0.261 e. The van der Waals surface area contributed by atoms with Gasteiger partial charge in [-0.1, -0.05) is 85.6 Å². The molecule has 0 fully saturated rings. The molecule has 0 spiro atoms. The van der Waals surface area contributed by atoms with Gasteiger partial charge in [0.15, 0.2) is 6.61 Å². The molecule has 0 saturated carbocycles. The van der Waals surface area contributed by atoms with E-state index in [-0.39, 0.29) is 25.0 Å². The van der Waals surface area contributed by atoms with Crippen molar-refractivity contribution >= 4 is 35.0 Å². The third-order valence-corrected chi connectivity index (χ3v) is 6.37. The monoisotopic (exact) mass is 512 g/mol. The third-order valence-electron chi connectivity index (χ3n) is 5.78. The molecule has 0 aliphatic carbocycles. The first-order chi connectivity index (χ1) is 16.8. The van der Waals surface area contributed by atoms with Crippen LogP contribution >= 0.6 is 23.2 Å². The molecular formula is C28H30Cl2N2O3. The van der Waals surface area contributed by atoms with Gasteiger partial charge in [0.25, 0.3) is 5.91 Å². The van der Waals surface area contributed by atoms with Crippen LogP contribution in [0.5, 0.6) is 5.75 Å². The highest BCUT2D eigenvalue weighted by atomic mass is 35.5. The molecule has 0 saturated heterocycles. The highest BCUT2D eigenvalue weighted by Crippen LogP contribution is 2.24. The van der Waals surface area contributed by atoms with Gasteiger partial charge in [-0.25, -0.2) is 0 Å². The highest BCUT2D eigenvalue weighted by molar-refractivity contribution is 6.35. The lowest BCUT2D eigenvalue weighted by molar-refractivity contribution is -0.142. The van der Waals surface area contributed by atoms with Crippen molar-refractivity contribution < 1.29 is 14.3 Å². The Bertz CT molecular complexity index is 1130. The van der Waals surface area contributed by atoms with Crippen LogP contribution in [0, 0.1) is 0 Å². The van der Waals surface area contributed by atoms with Crippen LogP contribution in [-0.2, 0) is 22.6 Å². The van der Waals surface area contributed by atoms with Crippen molar-refractivity contribution in [1.29, 1.82) is 0 Å². The Kier molecular flexibility index (Phi) is 9.58. The lowest BCUT2D eigenvalue weighted by Crippen LogP contribution is -2.51. The van der Waals surface area contributed by atoms with Crippen molar-refractivity contribution in [3.8, 4) is 5.75 Å². The second kappa shape index (κ2) is 12.6. The predicted octanol–water partition coefficient (Wildman–Crippen LogP) is 5.88. The van der Waals surface area contributed by atoms with Crippen molar-refractivity contribution in [2.24, 2.45) is 0 Å². The molecular weight excluding hydrogens is 483 g/mol. The molecule has 35 heavy (non-hydrogen) atoms. The maximum atomic E-state index is 13.5. The summed E-state index contributed by atoms with van der Waals surface area (Å²) >= 11 is 12.5. The minimum Gasteiger partial charge on any atom is -0.484 e. The van der Waals surface area contributed by atoms with E-state index in [9.17, 15) is 9.59 Å². The van der Waals surface area contributed by atoms with E-state index in [0.29, 0.717) is 33.7 Å². The number of carbonyl (C=O) groups is 2. The van der Waals surface area contributed by atoms with E-state index in [2.05, 4.69) is 19.2 Å². The first-order valence-electron chi connectivity index (χ1n) is 11.5. The molecule has 0 bridgehead atoms. The van der Waals surface area contributed by atoms with Gasteiger partial charge >= 0.3 is 0 Å². The van der Waals surface area contributed by atoms with E-state index in [0.717, 1.165) is 5.56 Å². The number of likely N-dealkylation sites (N-methyl/N-ethyl adjacent to an activating group) is 1. The summed E-state index contributed by atoms with van der Waals surface area (Å²) in [4.78, 5) is 28.0. The van der Waals surface area contributed by atoms with E-state index >= 15 is 0 Å². The Hall–Kier alpha value is -3.02. The number of benzene rings is 3. The normalized spacial score (nSPS) is 11.7. The molecule has 1 unspecified atom stereocenters. The van der Waals surface area contributed by atoms with Gasteiger partial charge in [0.2, 0.25) is 5.91 Å². The molecule has 3 rings (SSSR count). The van der Waals surface area contributed by atoms with Crippen LogP contribution in [0.2, 0.25) is 10.0 Å². The largest absolute Gasteiger partial charge is 0.484 e. The molecule has 3 aromatic carbocycles. The zero-order valence-electron chi connectivity index (χ0n) is 20.1. The second-order valence-corrected chi connectivity index (χ2v) is 9.43. The van der Waals surface area contributed by atoms with Gasteiger partial charge in [-0.3, -0.25) is 9.59 Å². The zero-order valence-corrected chi connectivity index (χ0v) is 21.6. The molecule has 0 aliphatic heterocycles. The molecule has 1 N–H and O–H groups in total. The highest BCUT2D eigenvalue weighted by Gasteiger charge is 2.30. The number of carbonyl (C=O) groups excluding carboxylic acids is 2. The molecule has 0 aliphatic rings. The fourth-order valence-electron chi connectivity index (χ4n) is 3.73. The molecule has 0 radical (unpaired) electrons.